The lowest BCUT2D eigenvalue weighted by Crippen LogP contribution is -2.60. The number of carbonyl (C=O) groups excluding carboxylic acids is 1. The van der Waals surface area contributed by atoms with Gasteiger partial charge in [0, 0.05) is 11.8 Å². The molecule has 2 aromatic rings. The summed E-state index contributed by atoms with van der Waals surface area (Å²) in [6.07, 6.45) is 0. The van der Waals surface area contributed by atoms with E-state index < -0.39 is 23.1 Å². The van der Waals surface area contributed by atoms with Crippen molar-refractivity contribution in [3.05, 3.63) is 47.7 Å². The van der Waals surface area contributed by atoms with Crippen LogP contribution in [0.4, 0.5) is 20.3 Å². The maximum Gasteiger partial charge on any atom is 0.274 e. The van der Waals surface area contributed by atoms with Gasteiger partial charge in [0.25, 0.3) is 5.91 Å². The van der Waals surface area contributed by atoms with Gasteiger partial charge < -0.3 is 20.1 Å². The van der Waals surface area contributed by atoms with E-state index in [9.17, 15) is 13.6 Å². The molecule has 1 fully saturated rings. The first-order chi connectivity index (χ1) is 11.9. The van der Waals surface area contributed by atoms with Crippen LogP contribution in [0.5, 0.6) is 5.75 Å². The molecule has 0 unspecified atom stereocenters. The Bertz CT molecular complexity index is 789. The third-order valence-corrected chi connectivity index (χ3v) is 3.68. The van der Waals surface area contributed by atoms with Gasteiger partial charge in [-0.1, -0.05) is 0 Å². The quantitative estimate of drug-likeness (QED) is 0.868. The molecule has 0 spiro atoms. The second-order valence-corrected chi connectivity index (χ2v) is 6.04. The number of halogens is 2. The predicted molar refractivity (Wildman–Crippen MR) is 87.1 cm³/mol. The molecule has 1 saturated heterocycles. The minimum absolute atomic E-state index is 0.0671. The highest BCUT2D eigenvalue weighted by molar-refractivity contribution is 5.96. The van der Waals surface area contributed by atoms with Crippen molar-refractivity contribution < 1.29 is 23.0 Å². The Hall–Kier alpha value is -2.74. The highest BCUT2D eigenvalue weighted by atomic mass is 19.1. The maximum atomic E-state index is 13.3. The van der Waals surface area contributed by atoms with Gasteiger partial charge >= 0.3 is 0 Å². The van der Waals surface area contributed by atoms with Gasteiger partial charge in [-0.25, -0.2) is 13.8 Å². The number of carbonyl (C=O) groups is 1. The molecule has 2 heterocycles. The summed E-state index contributed by atoms with van der Waals surface area (Å²) in [5.74, 6) is -1.31. The summed E-state index contributed by atoms with van der Waals surface area (Å²) in [6, 6.07) is 6.13. The molecule has 0 atom stereocenters. The van der Waals surface area contributed by atoms with E-state index in [2.05, 4.69) is 15.6 Å². The molecule has 25 heavy (non-hydrogen) atoms. The van der Waals surface area contributed by atoms with Gasteiger partial charge in [0.1, 0.15) is 23.2 Å². The van der Waals surface area contributed by atoms with Gasteiger partial charge in [-0.2, -0.15) is 0 Å². The van der Waals surface area contributed by atoms with Crippen LogP contribution in [0, 0.1) is 11.6 Å². The lowest BCUT2D eigenvalue weighted by Gasteiger charge is -2.38. The topological polar surface area (TPSA) is 72.5 Å². The molecule has 0 saturated carbocycles. The molecule has 2 N–H and O–H groups in total. The first kappa shape index (κ1) is 17.1. The van der Waals surface area contributed by atoms with Gasteiger partial charge in [0.05, 0.1) is 25.9 Å². The van der Waals surface area contributed by atoms with Crippen LogP contribution in [0.15, 0.2) is 30.3 Å². The number of pyridine rings is 1. The molecular formula is C17H17F2N3O3. The standard InChI is InChI=1S/C17H17F2N3O3/c1-17(8-25-9-17)22-16(23)15-13(24-2)3-4-14(21-15)20-12-6-10(18)5-11(19)7-12/h3-7H,8-9H2,1-2H3,(H,20,21)(H,22,23). The van der Waals surface area contributed by atoms with Gasteiger partial charge in [0.15, 0.2) is 5.69 Å². The van der Waals surface area contributed by atoms with Gasteiger partial charge in [-0.05, 0) is 31.2 Å². The van der Waals surface area contributed by atoms with Crippen LogP contribution in [0.25, 0.3) is 0 Å². The summed E-state index contributed by atoms with van der Waals surface area (Å²) >= 11 is 0. The number of aromatic nitrogens is 1. The number of anilines is 2. The van der Waals surface area contributed by atoms with Gasteiger partial charge in [-0.3, -0.25) is 4.79 Å². The average molecular weight is 349 g/mol. The molecule has 6 nitrogen and oxygen atoms in total. The van der Waals surface area contributed by atoms with E-state index >= 15 is 0 Å². The molecule has 1 amide bonds. The van der Waals surface area contributed by atoms with E-state index in [0.717, 1.165) is 18.2 Å². The Kier molecular flexibility index (Phi) is 4.54. The largest absolute Gasteiger partial charge is 0.494 e. The smallest absolute Gasteiger partial charge is 0.274 e. The van der Waals surface area contributed by atoms with Crippen molar-refractivity contribution in [1.29, 1.82) is 0 Å². The number of amides is 1. The van der Waals surface area contributed by atoms with Crippen LogP contribution in [0.1, 0.15) is 17.4 Å². The summed E-state index contributed by atoms with van der Waals surface area (Å²) in [5.41, 5.74) is -0.197. The lowest BCUT2D eigenvalue weighted by molar-refractivity contribution is -0.0594. The van der Waals surface area contributed by atoms with Crippen LogP contribution < -0.4 is 15.4 Å². The number of ether oxygens (including phenoxy) is 2. The van der Waals surface area contributed by atoms with Crippen molar-refractivity contribution in [2.45, 2.75) is 12.5 Å². The summed E-state index contributed by atoms with van der Waals surface area (Å²) in [7, 11) is 1.43. The highest BCUT2D eigenvalue weighted by Gasteiger charge is 2.36. The van der Waals surface area contributed by atoms with Crippen molar-refractivity contribution in [1.82, 2.24) is 10.3 Å². The van der Waals surface area contributed by atoms with E-state index in [1.54, 1.807) is 12.1 Å². The molecule has 1 aliphatic heterocycles. The summed E-state index contributed by atoms with van der Waals surface area (Å²) < 4.78 is 36.9. The van der Waals surface area contributed by atoms with Gasteiger partial charge in [-0.15, -0.1) is 0 Å². The second-order valence-electron chi connectivity index (χ2n) is 6.04. The number of hydrogen-bond acceptors (Lipinski definition) is 5. The first-order valence-corrected chi connectivity index (χ1v) is 7.57. The Balaban J connectivity index is 1.85. The van der Waals surface area contributed by atoms with Crippen molar-refractivity contribution >= 4 is 17.4 Å². The van der Waals surface area contributed by atoms with Crippen molar-refractivity contribution in [3.63, 3.8) is 0 Å². The molecule has 8 heteroatoms. The Morgan fingerprint density at radius 1 is 1.24 bits per heavy atom. The SMILES string of the molecule is COc1ccc(Nc2cc(F)cc(F)c2)nc1C(=O)NC1(C)COC1. The number of rotatable bonds is 5. The molecule has 1 aliphatic rings. The third kappa shape index (κ3) is 3.85. The molecule has 1 aromatic carbocycles. The number of methoxy groups -OCH3 is 1. The number of hydrogen-bond donors (Lipinski definition) is 2. The van der Waals surface area contributed by atoms with Crippen LogP contribution in [0.2, 0.25) is 0 Å². The Morgan fingerprint density at radius 2 is 1.92 bits per heavy atom. The zero-order valence-corrected chi connectivity index (χ0v) is 13.7. The highest BCUT2D eigenvalue weighted by Crippen LogP contribution is 2.24. The van der Waals surface area contributed by atoms with Crippen molar-refractivity contribution in [2.24, 2.45) is 0 Å². The monoisotopic (exact) mass is 349 g/mol. The molecule has 0 radical (unpaired) electrons. The lowest BCUT2D eigenvalue weighted by atomic mass is 10.0. The fourth-order valence-corrected chi connectivity index (χ4v) is 2.43. The minimum Gasteiger partial charge on any atom is -0.494 e. The summed E-state index contributed by atoms with van der Waals surface area (Å²) in [6.45, 7) is 2.70. The van der Waals surface area contributed by atoms with Crippen molar-refractivity contribution in [3.8, 4) is 5.75 Å². The number of nitrogens with zero attached hydrogens (tertiary/aromatic N) is 1. The Labute approximate surface area is 143 Å². The average Bonchev–Trinajstić information content (AvgIpc) is 2.52. The first-order valence-electron chi connectivity index (χ1n) is 7.57. The van der Waals surface area contributed by atoms with Crippen LogP contribution >= 0.6 is 0 Å². The van der Waals surface area contributed by atoms with Crippen molar-refractivity contribution in [2.75, 3.05) is 25.6 Å². The predicted octanol–water partition coefficient (Wildman–Crippen LogP) is 2.63. The zero-order valence-electron chi connectivity index (χ0n) is 13.7. The van der Waals surface area contributed by atoms with Crippen LogP contribution in [-0.4, -0.2) is 36.8 Å². The number of nitrogens with one attached hydrogen (secondary N) is 2. The summed E-state index contributed by atoms with van der Waals surface area (Å²) in [4.78, 5) is 16.7. The molecule has 3 rings (SSSR count). The number of benzene rings is 1. The Morgan fingerprint density at radius 3 is 2.48 bits per heavy atom. The molecule has 1 aromatic heterocycles. The third-order valence-electron chi connectivity index (χ3n) is 3.68. The fraction of sp³-hybridized carbons (Fsp3) is 0.294. The fourth-order valence-electron chi connectivity index (χ4n) is 2.43. The van der Waals surface area contributed by atoms with E-state index in [0.29, 0.717) is 13.2 Å². The van der Waals surface area contributed by atoms with E-state index in [4.69, 9.17) is 9.47 Å². The van der Waals surface area contributed by atoms with E-state index in [1.807, 2.05) is 6.92 Å². The molecule has 0 aliphatic carbocycles. The molecular weight excluding hydrogens is 332 g/mol. The second kappa shape index (κ2) is 6.64. The normalized spacial score (nSPS) is 15.2. The summed E-state index contributed by atoms with van der Waals surface area (Å²) in [5, 5.41) is 5.61. The van der Waals surface area contributed by atoms with E-state index in [-0.39, 0.29) is 22.9 Å². The molecule has 132 valence electrons. The molecule has 0 bridgehead atoms. The maximum absolute atomic E-state index is 13.3. The zero-order chi connectivity index (χ0) is 18.0. The van der Waals surface area contributed by atoms with Crippen LogP contribution in [0.3, 0.4) is 0 Å². The van der Waals surface area contributed by atoms with E-state index in [1.165, 1.54) is 7.11 Å². The minimum atomic E-state index is -0.716. The van der Waals surface area contributed by atoms with Crippen LogP contribution in [-0.2, 0) is 4.74 Å². The van der Waals surface area contributed by atoms with Gasteiger partial charge in [0.2, 0.25) is 0 Å².